The highest BCUT2D eigenvalue weighted by Crippen LogP contribution is 2.27. The Balaban J connectivity index is 1.33. The Morgan fingerprint density at radius 3 is 2.62 bits per heavy atom. The fraction of sp³-hybridized carbons (Fsp3) is 0.571. The highest BCUT2D eigenvalue weighted by atomic mass is 32.1. The molecule has 2 aromatic rings. The number of hydrogen-bond acceptors (Lipinski definition) is 4. The number of fused-ring (bicyclic) bond motifs is 1. The van der Waals surface area contributed by atoms with Gasteiger partial charge in [0.1, 0.15) is 0 Å². The molecule has 1 aromatic heterocycles. The van der Waals surface area contributed by atoms with Crippen molar-refractivity contribution in [2.45, 2.75) is 50.6 Å². The van der Waals surface area contributed by atoms with Gasteiger partial charge in [0.15, 0.2) is 0 Å². The number of benzene rings is 1. The van der Waals surface area contributed by atoms with Crippen molar-refractivity contribution in [2.24, 2.45) is 5.73 Å². The van der Waals surface area contributed by atoms with Crippen LogP contribution < -0.4 is 5.73 Å². The van der Waals surface area contributed by atoms with Gasteiger partial charge in [-0.3, -0.25) is 4.79 Å². The number of hydrogen-bond donors (Lipinski definition) is 1. The van der Waals surface area contributed by atoms with Crippen LogP contribution in [0.15, 0.2) is 29.6 Å². The van der Waals surface area contributed by atoms with Gasteiger partial charge in [0.05, 0.1) is 6.04 Å². The summed E-state index contributed by atoms with van der Waals surface area (Å²) in [5, 5.41) is 3.39. The average molecular weight is 372 g/mol. The zero-order valence-corrected chi connectivity index (χ0v) is 16.2. The molecule has 0 aliphatic carbocycles. The summed E-state index contributed by atoms with van der Waals surface area (Å²) < 4.78 is 1.27. The van der Waals surface area contributed by atoms with Crippen LogP contribution in [-0.2, 0) is 11.2 Å². The zero-order chi connectivity index (χ0) is 17.9. The van der Waals surface area contributed by atoms with Crippen LogP contribution in [0.1, 0.15) is 37.7 Å². The lowest BCUT2D eigenvalue weighted by Crippen LogP contribution is -2.52. The summed E-state index contributed by atoms with van der Waals surface area (Å²) in [4.78, 5) is 17.5. The number of carbonyl (C=O) groups is 1. The number of nitrogens with zero attached hydrogens (tertiary/aromatic N) is 2. The molecule has 0 unspecified atom stereocenters. The summed E-state index contributed by atoms with van der Waals surface area (Å²) in [6.07, 6.45) is 6.87. The van der Waals surface area contributed by atoms with Crippen LogP contribution in [0.5, 0.6) is 0 Å². The molecule has 2 N–H and O–H groups in total. The first-order valence-corrected chi connectivity index (χ1v) is 10.8. The van der Waals surface area contributed by atoms with Gasteiger partial charge in [-0.2, -0.15) is 0 Å². The van der Waals surface area contributed by atoms with Crippen molar-refractivity contribution in [3.63, 3.8) is 0 Å². The fourth-order valence-electron chi connectivity index (χ4n) is 4.48. The third-order valence-electron chi connectivity index (χ3n) is 6.00. The van der Waals surface area contributed by atoms with Gasteiger partial charge in [-0.1, -0.05) is 24.6 Å². The molecule has 2 aliphatic rings. The van der Waals surface area contributed by atoms with Crippen molar-refractivity contribution in [1.29, 1.82) is 0 Å². The van der Waals surface area contributed by atoms with Crippen LogP contribution in [0, 0.1) is 0 Å². The molecule has 1 atom stereocenters. The van der Waals surface area contributed by atoms with Crippen molar-refractivity contribution in [3.05, 3.63) is 35.2 Å². The fourth-order valence-corrected chi connectivity index (χ4v) is 5.46. The summed E-state index contributed by atoms with van der Waals surface area (Å²) in [6.45, 7) is 4.20. The van der Waals surface area contributed by atoms with Crippen LogP contribution >= 0.6 is 11.3 Å². The molecule has 4 rings (SSSR count). The maximum atomic E-state index is 12.8. The zero-order valence-electron chi connectivity index (χ0n) is 15.4. The smallest absolute Gasteiger partial charge is 0.239 e. The molecular weight excluding hydrogens is 342 g/mol. The largest absolute Gasteiger partial charge is 0.341 e. The second-order valence-corrected chi connectivity index (χ2v) is 8.63. The van der Waals surface area contributed by atoms with Gasteiger partial charge in [0, 0.05) is 23.8 Å². The number of rotatable bonds is 4. The summed E-state index contributed by atoms with van der Waals surface area (Å²) in [7, 11) is 0. The van der Waals surface area contributed by atoms with Crippen molar-refractivity contribution >= 4 is 27.3 Å². The molecule has 0 saturated carbocycles. The first kappa shape index (κ1) is 18.0. The third-order valence-corrected chi connectivity index (χ3v) is 7.01. The molecule has 2 fully saturated rings. The van der Waals surface area contributed by atoms with E-state index < -0.39 is 6.04 Å². The van der Waals surface area contributed by atoms with E-state index in [4.69, 9.17) is 5.73 Å². The van der Waals surface area contributed by atoms with E-state index in [0.29, 0.717) is 12.5 Å². The molecule has 2 aliphatic heterocycles. The Morgan fingerprint density at radius 2 is 1.85 bits per heavy atom. The van der Waals surface area contributed by atoms with Crippen LogP contribution in [0.25, 0.3) is 10.1 Å². The van der Waals surface area contributed by atoms with Gasteiger partial charge in [-0.15, -0.1) is 11.3 Å². The molecule has 2 saturated heterocycles. The quantitative estimate of drug-likeness (QED) is 0.897. The number of likely N-dealkylation sites (tertiary alicyclic amines) is 2. The van der Waals surface area contributed by atoms with E-state index in [0.717, 1.165) is 25.9 Å². The predicted molar refractivity (Wildman–Crippen MR) is 109 cm³/mol. The molecule has 26 heavy (non-hydrogen) atoms. The lowest BCUT2D eigenvalue weighted by atomic mass is 9.98. The minimum absolute atomic E-state index is 0.123. The van der Waals surface area contributed by atoms with Crippen LogP contribution in [0.4, 0.5) is 0 Å². The number of carbonyl (C=O) groups excluding carboxylic acids is 1. The summed E-state index contributed by atoms with van der Waals surface area (Å²) in [5.41, 5.74) is 7.51. The highest BCUT2D eigenvalue weighted by molar-refractivity contribution is 7.17. The third kappa shape index (κ3) is 3.80. The normalized spacial score (nSPS) is 21.2. The minimum Gasteiger partial charge on any atom is -0.341 e. The molecule has 5 heteroatoms. The lowest BCUT2D eigenvalue weighted by molar-refractivity contribution is -0.134. The van der Waals surface area contributed by atoms with E-state index in [1.54, 1.807) is 11.3 Å². The van der Waals surface area contributed by atoms with Crippen LogP contribution in [0.2, 0.25) is 0 Å². The van der Waals surface area contributed by atoms with E-state index in [1.165, 1.54) is 48.0 Å². The summed E-state index contributed by atoms with van der Waals surface area (Å²) in [5.74, 6) is 0.123. The number of amides is 1. The Morgan fingerprint density at radius 1 is 1.12 bits per heavy atom. The van der Waals surface area contributed by atoms with E-state index >= 15 is 0 Å². The molecule has 0 bridgehead atoms. The van der Waals surface area contributed by atoms with Gasteiger partial charge >= 0.3 is 0 Å². The van der Waals surface area contributed by atoms with Crippen LogP contribution in [-0.4, -0.2) is 54.0 Å². The molecule has 4 nitrogen and oxygen atoms in total. The Bertz CT molecular complexity index is 745. The monoisotopic (exact) mass is 371 g/mol. The van der Waals surface area contributed by atoms with Crippen LogP contribution in [0.3, 0.4) is 0 Å². The van der Waals surface area contributed by atoms with Gasteiger partial charge in [-0.05, 0) is 67.6 Å². The van der Waals surface area contributed by atoms with E-state index in [2.05, 4.69) is 34.5 Å². The van der Waals surface area contributed by atoms with Gasteiger partial charge < -0.3 is 15.5 Å². The first-order chi connectivity index (χ1) is 12.7. The molecule has 1 aromatic carbocycles. The number of nitrogens with two attached hydrogens (primary N) is 1. The van der Waals surface area contributed by atoms with E-state index in [-0.39, 0.29) is 5.91 Å². The SMILES string of the molecule is N[C@H](Cc1csc2ccccc12)C(=O)N1CCC(N2CCCCC2)CC1. The van der Waals surface area contributed by atoms with E-state index in [1.807, 2.05) is 4.90 Å². The Labute approximate surface area is 160 Å². The lowest BCUT2D eigenvalue weighted by Gasteiger charge is -2.40. The number of piperidine rings is 2. The van der Waals surface area contributed by atoms with Crippen molar-refractivity contribution in [2.75, 3.05) is 26.2 Å². The maximum Gasteiger partial charge on any atom is 0.239 e. The molecule has 140 valence electrons. The summed E-state index contributed by atoms with van der Waals surface area (Å²) in [6, 6.07) is 8.60. The predicted octanol–water partition coefficient (Wildman–Crippen LogP) is 3.25. The second kappa shape index (κ2) is 8.07. The molecule has 1 amide bonds. The Kier molecular flexibility index (Phi) is 5.57. The van der Waals surface area contributed by atoms with Crippen molar-refractivity contribution in [3.8, 4) is 0 Å². The minimum atomic E-state index is -0.431. The first-order valence-electron chi connectivity index (χ1n) is 9.96. The highest BCUT2D eigenvalue weighted by Gasteiger charge is 2.29. The molecule has 3 heterocycles. The van der Waals surface area contributed by atoms with Gasteiger partial charge in [0.25, 0.3) is 0 Å². The van der Waals surface area contributed by atoms with Gasteiger partial charge in [-0.25, -0.2) is 0 Å². The Hall–Kier alpha value is -1.43. The maximum absolute atomic E-state index is 12.8. The van der Waals surface area contributed by atoms with Crippen molar-refractivity contribution in [1.82, 2.24) is 9.80 Å². The van der Waals surface area contributed by atoms with E-state index in [9.17, 15) is 4.79 Å². The molecule has 0 radical (unpaired) electrons. The second-order valence-electron chi connectivity index (χ2n) is 7.72. The van der Waals surface area contributed by atoms with Crippen molar-refractivity contribution < 1.29 is 4.79 Å². The van der Waals surface area contributed by atoms with Gasteiger partial charge in [0.2, 0.25) is 5.91 Å². The molecular formula is C21H29N3OS. The summed E-state index contributed by atoms with van der Waals surface area (Å²) >= 11 is 1.73. The number of thiophene rings is 1. The molecule has 0 spiro atoms. The average Bonchev–Trinajstić information content (AvgIpc) is 3.11. The standard InChI is InChI=1S/C21H29N3OS/c22-19(14-16-15-26-20-7-3-2-6-18(16)20)21(25)24-12-8-17(9-13-24)23-10-4-1-5-11-23/h2-3,6-7,15,17,19H,1,4-5,8-14,22H2/t19-/m1/s1. The topological polar surface area (TPSA) is 49.6 Å².